The molecule has 2 aliphatic carbocycles. The number of hydrogen-bond acceptors (Lipinski definition) is 0. The van der Waals surface area contributed by atoms with E-state index in [2.05, 4.69) is 13.8 Å². The molecule has 3 unspecified atom stereocenters. The molecule has 0 N–H and O–H groups in total. The van der Waals surface area contributed by atoms with Crippen molar-refractivity contribution in [2.75, 3.05) is 0 Å². The molecule has 0 aliphatic heterocycles. The third-order valence-electron chi connectivity index (χ3n) is 5.70. The van der Waals surface area contributed by atoms with E-state index in [-0.39, 0.29) is 0 Å². The van der Waals surface area contributed by atoms with Crippen LogP contribution in [0.5, 0.6) is 0 Å². The summed E-state index contributed by atoms with van der Waals surface area (Å²) in [7, 11) is 0. The number of rotatable bonds is 1. The lowest BCUT2D eigenvalue weighted by Crippen LogP contribution is -2.22. The van der Waals surface area contributed by atoms with Crippen LogP contribution in [-0.4, -0.2) is 0 Å². The highest BCUT2D eigenvalue weighted by atomic mass is 14.3. The summed E-state index contributed by atoms with van der Waals surface area (Å²) in [4.78, 5) is 0. The largest absolute Gasteiger partial charge is 0.0625 e. The molecule has 18 heavy (non-hydrogen) atoms. The first kappa shape index (κ1) is 14.4. The van der Waals surface area contributed by atoms with Gasteiger partial charge in [0, 0.05) is 0 Å². The van der Waals surface area contributed by atoms with Crippen molar-refractivity contribution in [3.63, 3.8) is 0 Å². The lowest BCUT2D eigenvalue weighted by atomic mass is 9.72. The highest BCUT2D eigenvalue weighted by molar-refractivity contribution is 4.77. The van der Waals surface area contributed by atoms with Gasteiger partial charge in [-0.15, -0.1) is 0 Å². The average Bonchev–Trinajstić information content (AvgIpc) is 2.30. The van der Waals surface area contributed by atoms with Gasteiger partial charge in [0.15, 0.2) is 0 Å². The fraction of sp³-hybridized carbons (Fsp3) is 1.00. The van der Waals surface area contributed by atoms with Crippen LogP contribution in [-0.2, 0) is 0 Å². The fourth-order valence-electron chi connectivity index (χ4n) is 4.35. The summed E-state index contributed by atoms with van der Waals surface area (Å²) in [6.07, 6.45) is 18.2. The highest BCUT2D eigenvalue weighted by Crippen LogP contribution is 2.38. The molecule has 0 nitrogen and oxygen atoms in total. The summed E-state index contributed by atoms with van der Waals surface area (Å²) < 4.78 is 0. The first-order valence-corrected chi connectivity index (χ1v) is 8.75. The Morgan fingerprint density at radius 1 is 0.500 bits per heavy atom. The van der Waals surface area contributed by atoms with Gasteiger partial charge in [0.2, 0.25) is 0 Å². The van der Waals surface area contributed by atoms with Crippen molar-refractivity contribution in [3.8, 4) is 0 Å². The van der Waals surface area contributed by atoms with Crippen LogP contribution in [0.4, 0.5) is 0 Å². The van der Waals surface area contributed by atoms with Crippen LogP contribution in [0, 0.1) is 23.7 Å². The lowest BCUT2D eigenvalue weighted by Gasteiger charge is -2.33. The standard InChI is InChI=1S/C18H34/c1-15-10-11-16(2)14-18(13-12-15)17-8-6-4-3-5-7-9-17/h15-18H,3-14H2,1-2H3. The zero-order valence-corrected chi connectivity index (χ0v) is 12.8. The van der Waals surface area contributed by atoms with Crippen LogP contribution in [0.2, 0.25) is 0 Å². The van der Waals surface area contributed by atoms with E-state index in [1.807, 2.05) is 0 Å². The lowest BCUT2D eigenvalue weighted by molar-refractivity contribution is 0.180. The van der Waals surface area contributed by atoms with Gasteiger partial charge < -0.3 is 0 Å². The minimum atomic E-state index is 0.989. The molecule has 2 saturated carbocycles. The van der Waals surface area contributed by atoms with E-state index in [1.54, 1.807) is 12.8 Å². The van der Waals surface area contributed by atoms with Crippen molar-refractivity contribution in [3.05, 3.63) is 0 Å². The summed E-state index contributed by atoms with van der Waals surface area (Å²) in [5, 5.41) is 0. The minimum Gasteiger partial charge on any atom is -0.0625 e. The molecular weight excluding hydrogens is 216 g/mol. The molecule has 0 aromatic rings. The van der Waals surface area contributed by atoms with Crippen molar-refractivity contribution in [1.29, 1.82) is 0 Å². The average molecular weight is 250 g/mol. The molecule has 0 amide bonds. The fourth-order valence-corrected chi connectivity index (χ4v) is 4.35. The smallest absolute Gasteiger partial charge is 0.0383 e. The minimum absolute atomic E-state index is 0.989. The van der Waals surface area contributed by atoms with Crippen LogP contribution in [0.1, 0.15) is 90.9 Å². The SMILES string of the molecule is CC1CCC(C)CC(C2CCCCCCC2)CC1. The molecule has 3 atom stereocenters. The van der Waals surface area contributed by atoms with Gasteiger partial charge in [-0.2, -0.15) is 0 Å². The van der Waals surface area contributed by atoms with Gasteiger partial charge in [0.25, 0.3) is 0 Å². The maximum absolute atomic E-state index is 2.51. The molecule has 0 radical (unpaired) electrons. The Kier molecular flexibility index (Phi) is 6.05. The first-order chi connectivity index (χ1) is 8.75. The van der Waals surface area contributed by atoms with Crippen LogP contribution < -0.4 is 0 Å². The first-order valence-electron chi connectivity index (χ1n) is 8.75. The normalized spacial score (nSPS) is 37.3. The Hall–Kier alpha value is 0. The predicted octanol–water partition coefficient (Wildman–Crippen LogP) is 6.20. The molecule has 2 aliphatic rings. The topological polar surface area (TPSA) is 0 Å². The second-order valence-electron chi connectivity index (χ2n) is 7.47. The van der Waals surface area contributed by atoms with E-state index < -0.39 is 0 Å². The third kappa shape index (κ3) is 4.59. The van der Waals surface area contributed by atoms with Gasteiger partial charge in [-0.3, -0.25) is 0 Å². The predicted molar refractivity (Wildman–Crippen MR) is 80.7 cm³/mol. The molecule has 0 heterocycles. The summed E-state index contributed by atoms with van der Waals surface area (Å²) in [5.41, 5.74) is 0. The van der Waals surface area contributed by atoms with Crippen molar-refractivity contribution in [2.45, 2.75) is 90.9 Å². The van der Waals surface area contributed by atoms with Crippen LogP contribution in [0.3, 0.4) is 0 Å². The Morgan fingerprint density at radius 2 is 1.06 bits per heavy atom. The van der Waals surface area contributed by atoms with Crippen molar-refractivity contribution in [2.24, 2.45) is 23.7 Å². The summed E-state index contributed by atoms with van der Waals surface area (Å²) in [6.45, 7) is 4.99. The van der Waals surface area contributed by atoms with Gasteiger partial charge in [-0.25, -0.2) is 0 Å². The van der Waals surface area contributed by atoms with E-state index >= 15 is 0 Å². The van der Waals surface area contributed by atoms with Crippen molar-refractivity contribution < 1.29 is 0 Å². The Bertz CT molecular complexity index is 212. The van der Waals surface area contributed by atoms with Crippen molar-refractivity contribution in [1.82, 2.24) is 0 Å². The molecule has 0 bridgehead atoms. The zero-order valence-electron chi connectivity index (χ0n) is 12.8. The van der Waals surface area contributed by atoms with Gasteiger partial charge in [0.05, 0.1) is 0 Å². The van der Waals surface area contributed by atoms with E-state index in [9.17, 15) is 0 Å². The molecule has 0 aromatic carbocycles. The third-order valence-corrected chi connectivity index (χ3v) is 5.70. The van der Waals surface area contributed by atoms with E-state index in [0.717, 1.165) is 23.7 Å². The van der Waals surface area contributed by atoms with Crippen molar-refractivity contribution >= 4 is 0 Å². The van der Waals surface area contributed by atoms with E-state index in [4.69, 9.17) is 0 Å². The van der Waals surface area contributed by atoms with Crippen LogP contribution in [0.25, 0.3) is 0 Å². The van der Waals surface area contributed by atoms with Gasteiger partial charge in [-0.05, 0) is 36.5 Å². The Morgan fingerprint density at radius 3 is 1.78 bits per heavy atom. The summed E-state index contributed by atoms with van der Waals surface area (Å²) in [6, 6.07) is 0. The van der Waals surface area contributed by atoms with Gasteiger partial charge in [-0.1, -0.05) is 78.1 Å². The molecular formula is C18H34. The molecule has 0 saturated heterocycles. The Labute approximate surface area is 115 Å². The van der Waals surface area contributed by atoms with Crippen LogP contribution in [0.15, 0.2) is 0 Å². The van der Waals surface area contributed by atoms with E-state index in [0.29, 0.717) is 0 Å². The summed E-state index contributed by atoms with van der Waals surface area (Å²) in [5.74, 6) is 4.13. The Balaban J connectivity index is 1.90. The molecule has 106 valence electrons. The monoisotopic (exact) mass is 250 g/mol. The van der Waals surface area contributed by atoms with E-state index in [1.165, 1.54) is 64.2 Å². The number of hydrogen-bond donors (Lipinski definition) is 0. The molecule has 2 fully saturated rings. The quantitative estimate of drug-likeness (QED) is 0.520. The molecule has 0 heteroatoms. The maximum atomic E-state index is 2.51. The maximum Gasteiger partial charge on any atom is -0.0383 e. The molecule has 0 spiro atoms. The molecule has 2 rings (SSSR count). The summed E-state index contributed by atoms with van der Waals surface area (Å²) >= 11 is 0. The van der Waals surface area contributed by atoms with Gasteiger partial charge in [0.1, 0.15) is 0 Å². The van der Waals surface area contributed by atoms with Gasteiger partial charge >= 0.3 is 0 Å². The second kappa shape index (κ2) is 7.56. The molecule has 0 aromatic heterocycles. The zero-order chi connectivity index (χ0) is 12.8. The highest BCUT2D eigenvalue weighted by Gasteiger charge is 2.26. The second-order valence-corrected chi connectivity index (χ2v) is 7.47. The van der Waals surface area contributed by atoms with Crippen LogP contribution >= 0.6 is 0 Å².